The molecule has 0 N–H and O–H groups in total. The molecule has 27 heavy (non-hydrogen) atoms. The summed E-state index contributed by atoms with van der Waals surface area (Å²) in [7, 11) is 0. The van der Waals surface area contributed by atoms with Gasteiger partial charge in [0.25, 0.3) is 11.6 Å². The fourth-order valence-electron chi connectivity index (χ4n) is 3.64. The normalized spacial score (nSPS) is 14.8. The highest BCUT2D eigenvalue weighted by Crippen LogP contribution is 2.26. The molecule has 1 amide bonds. The molecule has 0 aliphatic carbocycles. The average Bonchev–Trinajstić information content (AvgIpc) is 2.67. The molecule has 0 bridgehead atoms. The van der Waals surface area contributed by atoms with Gasteiger partial charge in [-0.3, -0.25) is 19.7 Å². The summed E-state index contributed by atoms with van der Waals surface area (Å²) in [5.74, 6) is -0.355. The third-order valence-electron chi connectivity index (χ3n) is 5.13. The van der Waals surface area contributed by atoms with E-state index in [0.29, 0.717) is 25.9 Å². The minimum atomic E-state index is -0.538. The molecule has 0 saturated carbocycles. The summed E-state index contributed by atoms with van der Waals surface area (Å²) >= 11 is 0. The quantitative estimate of drug-likeness (QED) is 0.466. The first-order chi connectivity index (χ1) is 12.9. The van der Waals surface area contributed by atoms with Gasteiger partial charge >= 0.3 is 0 Å². The maximum absolute atomic E-state index is 12.8. The highest BCUT2D eigenvalue weighted by Gasteiger charge is 2.31. The number of nitro benzene ring substituents is 1. The van der Waals surface area contributed by atoms with Crippen LogP contribution in [0.4, 0.5) is 5.69 Å². The summed E-state index contributed by atoms with van der Waals surface area (Å²) < 4.78 is 0. The lowest BCUT2D eigenvalue weighted by Crippen LogP contribution is -2.40. The number of ketones is 1. The molecule has 1 heterocycles. The topological polar surface area (TPSA) is 80.5 Å². The number of carbonyl (C=O) groups excluding carboxylic acids is 2. The number of carbonyl (C=O) groups is 2. The molecule has 2 aromatic rings. The molecular formula is C21H22N2O4. The number of rotatable bonds is 4. The van der Waals surface area contributed by atoms with E-state index >= 15 is 0 Å². The van der Waals surface area contributed by atoms with Gasteiger partial charge in [0.2, 0.25) is 0 Å². The van der Waals surface area contributed by atoms with E-state index in [1.807, 2.05) is 32.0 Å². The predicted molar refractivity (Wildman–Crippen MR) is 102 cm³/mol. The predicted octanol–water partition coefficient (Wildman–Crippen LogP) is 3.95. The Morgan fingerprint density at radius 2 is 1.70 bits per heavy atom. The number of nitrogens with zero attached hydrogens (tertiary/aromatic N) is 2. The number of likely N-dealkylation sites (tertiary alicyclic amines) is 1. The lowest BCUT2D eigenvalue weighted by Gasteiger charge is -2.31. The van der Waals surface area contributed by atoms with Gasteiger partial charge in [0.05, 0.1) is 4.92 Å². The van der Waals surface area contributed by atoms with Gasteiger partial charge < -0.3 is 4.90 Å². The van der Waals surface area contributed by atoms with Crippen molar-refractivity contribution in [2.75, 3.05) is 13.1 Å². The second-order valence-electron chi connectivity index (χ2n) is 7.02. The van der Waals surface area contributed by atoms with E-state index in [2.05, 4.69) is 0 Å². The lowest BCUT2D eigenvalue weighted by atomic mass is 9.86. The van der Waals surface area contributed by atoms with Crippen LogP contribution in [0.3, 0.4) is 0 Å². The molecule has 0 unspecified atom stereocenters. The van der Waals surface area contributed by atoms with E-state index in [0.717, 1.165) is 16.7 Å². The van der Waals surface area contributed by atoms with Gasteiger partial charge in [0.1, 0.15) is 5.56 Å². The van der Waals surface area contributed by atoms with Crippen LogP contribution in [-0.2, 0) is 0 Å². The van der Waals surface area contributed by atoms with Crippen LogP contribution in [0.1, 0.15) is 44.7 Å². The molecule has 1 aliphatic rings. The molecule has 1 aliphatic heterocycles. The van der Waals surface area contributed by atoms with Crippen molar-refractivity contribution in [3.8, 4) is 0 Å². The average molecular weight is 366 g/mol. The van der Waals surface area contributed by atoms with E-state index in [-0.39, 0.29) is 28.9 Å². The van der Waals surface area contributed by atoms with E-state index < -0.39 is 4.92 Å². The Bertz CT molecular complexity index is 899. The zero-order valence-corrected chi connectivity index (χ0v) is 15.5. The molecule has 3 rings (SSSR count). The minimum Gasteiger partial charge on any atom is -0.338 e. The van der Waals surface area contributed by atoms with Crippen molar-refractivity contribution >= 4 is 17.4 Å². The Hall–Kier alpha value is -3.02. The van der Waals surface area contributed by atoms with Crippen molar-refractivity contribution in [3.63, 3.8) is 0 Å². The van der Waals surface area contributed by atoms with Crippen molar-refractivity contribution in [2.24, 2.45) is 5.92 Å². The summed E-state index contributed by atoms with van der Waals surface area (Å²) in [6, 6.07) is 11.8. The molecule has 0 atom stereocenters. The lowest BCUT2D eigenvalue weighted by molar-refractivity contribution is -0.385. The summed E-state index contributed by atoms with van der Waals surface area (Å²) in [4.78, 5) is 37.7. The number of para-hydroxylation sites is 1. The highest BCUT2D eigenvalue weighted by atomic mass is 16.6. The zero-order valence-electron chi connectivity index (χ0n) is 15.5. The Balaban J connectivity index is 1.69. The molecule has 0 radical (unpaired) electrons. The van der Waals surface area contributed by atoms with Crippen molar-refractivity contribution in [3.05, 3.63) is 74.8 Å². The van der Waals surface area contributed by atoms with Gasteiger partial charge in [-0.25, -0.2) is 0 Å². The van der Waals surface area contributed by atoms with Crippen LogP contribution in [0.5, 0.6) is 0 Å². The van der Waals surface area contributed by atoms with Crippen LogP contribution < -0.4 is 0 Å². The van der Waals surface area contributed by atoms with Gasteiger partial charge in [0, 0.05) is 30.6 Å². The SMILES string of the molecule is Cc1ccc(C(=O)C2CCN(C(=O)c3ccccc3[N+](=O)[O-])CC2)c(C)c1. The van der Waals surface area contributed by atoms with E-state index in [4.69, 9.17) is 0 Å². The molecule has 6 nitrogen and oxygen atoms in total. The number of nitro groups is 1. The van der Waals surface area contributed by atoms with Crippen molar-refractivity contribution in [1.82, 2.24) is 4.90 Å². The molecule has 1 saturated heterocycles. The molecule has 6 heteroatoms. The number of hydrogen-bond acceptors (Lipinski definition) is 4. The number of benzene rings is 2. The molecule has 0 spiro atoms. The van der Waals surface area contributed by atoms with Gasteiger partial charge in [-0.15, -0.1) is 0 Å². The number of amides is 1. The Labute approximate surface area is 158 Å². The van der Waals surface area contributed by atoms with Crippen LogP contribution in [0.2, 0.25) is 0 Å². The smallest absolute Gasteiger partial charge is 0.282 e. The largest absolute Gasteiger partial charge is 0.338 e. The Kier molecular flexibility index (Phi) is 5.35. The van der Waals surface area contributed by atoms with Crippen molar-refractivity contribution < 1.29 is 14.5 Å². The summed E-state index contributed by atoms with van der Waals surface area (Å²) in [5.41, 5.74) is 2.74. The second-order valence-corrected chi connectivity index (χ2v) is 7.02. The van der Waals surface area contributed by atoms with E-state index in [9.17, 15) is 19.7 Å². The molecule has 1 fully saturated rings. The zero-order chi connectivity index (χ0) is 19.6. The first-order valence-corrected chi connectivity index (χ1v) is 9.02. The summed E-state index contributed by atoms with van der Waals surface area (Å²) in [6.45, 7) is 4.78. The monoisotopic (exact) mass is 366 g/mol. The fraction of sp³-hybridized carbons (Fsp3) is 0.333. The number of hydrogen-bond donors (Lipinski definition) is 0. The summed E-state index contributed by atoms with van der Waals surface area (Å²) in [6.07, 6.45) is 1.14. The van der Waals surface area contributed by atoms with Gasteiger partial charge in [0.15, 0.2) is 5.78 Å². The van der Waals surface area contributed by atoms with Gasteiger partial charge in [-0.1, -0.05) is 35.9 Å². The third kappa shape index (κ3) is 3.89. The first kappa shape index (κ1) is 18.8. The van der Waals surface area contributed by atoms with Gasteiger partial charge in [-0.2, -0.15) is 0 Å². The molecule has 0 aromatic heterocycles. The maximum atomic E-state index is 12.8. The van der Waals surface area contributed by atoms with Crippen molar-refractivity contribution in [2.45, 2.75) is 26.7 Å². The highest BCUT2D eigenvalue weighted by molar-refractivity contribution is 6.00. The Morgan fingerprint density at radius 1 is 1.04 bits per heavy atom. The van der Waals surface area contributed by atoms with Crippen LogP contribution in [0.15, 0.2) is 42.5 Å². The van der Waals surface area contributed by atoms with Crippen LogP contribution >= 0.6 is 0 Å². The van der Waals surface area contributed by atoms with Crippen LogP contribution in [0, 0.1) is 29.9 Å². The fourth-order valence-corrected chi connectivity index (χ4v) is 3.64. The summed E-state index contributed by atoms with van der Waals surface area (Å²) in [5, 5.41) is 11.2. The number of Topliss-reactive ketones (excluding diaryl/α,β-unsaturated/α-hetero) is 1. The van der Waals surface area contributed by atoms with E-state index in [1.165, 1.54) is 12.1 Å². The third-order valence-corrected chi connectivity index (χ3v) is 5.13. The van der Waals surface area contributed by atoms with Crippen LogP contribution in [-0.4, -0.2) is 34.6 Å². The van der Waals surface area contributed by atoms with Crippen LogP contribution in [0.25, 0.3) is 0 Å². The Morgan fingerprint density at radius 3 is 2.33 bits per heavy atom. The van der Waals surface area contributed by atoms with Crippen molar-refractivity contribution in [1.29, 1.82) is 0 Å². The number of piperidine rings is 1. The standard InChI is InChI=1S/C21H22N2O4/c1-14-7-8-17(15(2)13-14)20(24)16-9-11-22(12-10-16)21(25)18-5-3-4-6-19(18)23(26)27/h3-8,13,16H,9-12H2,1-2H3. The minimum absolute atomic E-state index is 0.0988. The second kappa shape index (κ2) is 7.70. The molecular weight excluding hydrogens is 344 g/mol. The molecule has 2 aromatic carbocycles. The molecule has 140 valence electrons. The number of aryl methyl sites for hydroxylation is 2. The van der Waals surface area contributed by atoms with Gasteiger partial charge in [-0.05, 0) is 38.3 Å². The first-order valence-electron chi connectivity index (χ1n) is 9.02. The maximum Gasteiger partial charge on any atom is 0.282 e. The van der Waals surface area contributed by atoms with E-state index in [1.54, 1.807) is 17.0 Å².